The van der Waals surface area contributed by atoms with Crippen molar-refractivity contribution < 1.29 is 19.5 Å². The molecule has 2 amide bonds. The van der Waals surface area contributed by atoms with Gasteiger partial charge in [0.2, 0.25) is 5.91 Å². The van der Waals surface area contributed by atoms with Crippen LogP contribution in [0.15, 0.2) is 54.6 Å². The highest BCUT2D eigenvalue weighted by Crippen LogP contribution is 2.06. The number of benzene rings is 2. The highest BCUT2D eigenvalue weighted by molar-refractivity contribution is 5.94. The monoisotopic (exact) mass is 340 g/mol. The van der Waals surface area contributed by atoms with Crippen LogP contribution in [-0.4, -0.2) is 34.3 Å². The molecule has 6 nitrogen and oxygen atoms in total. The van der Waals surface area contributed by atoms with Gasteiger partial charge in [-0.25, -0.2) is 4.79 Å². The molecule has 0 aliphatic rings. The quantitative estimate of drug-likeness (QED) is 0.759. The molecule has 0 saturated heterocycles. The Hall–Kier alpha value is -3.15. The van der Waals surface area contributed by atoms with Gasteiger partial charge in [-0.2, -0.15) is 0 Å². The Kier molecular flexibility index (Phi) is 6.28. The Morgan fingerprint density at radius 2 is 1.60 bits per heavy atom. The number of carboxylic acid groups (broad SMARTS) is 1. The molecule has 0 aliphatic heterocycles. The van der Waals surface area contributed by atoms with Crippen molar-refractivity contribution in [1.82, 2.24) is 10.2 Å². The van der Waals surface area contributed by atoms with E-state index in [1.165, 1.54) is 6.92 Å². The topological polar surface area (TPSA) is 86.7 Å². The highest BCUT2D eigenvalue weighted by Gasteiger charge is 2.16. The van der Waals surface area contributed by atoms with Crippen LogP contribution in [0.5, 0.6) is 0 Å². The molecule has 6 heteroatoms. The predicted octanol–water partition coefficient (Wildman–Crippen LogP) is 2.69. The zero-order valence-corrected chi connectivity index (χ0v) is 13.9. The highest BCUT2D eigenvalue weighted by atomic mass is 16.4. The summed E-state index contributed by atoms with van der Waals surface area (Å²) >= 11 is 0. The third-order valence-corrected chi connectivity index (χ3v) is 3.67. The van der Waals surface area contributed by atoms with Gasteiger partial charge in [0.1, 0.15) is 6.54 Å². The minimum atomic E-state index is -1.15. The standard InChI is InChI=1S/C19H20N2O4/c1-14(22)17-9-7-15(8-10-17)11-20-18(23)13-21(19(24)25)12-16-5-3-2-4-6-16/h2-10H,11-13H2,1H3,(H,20,23)(H,24,25). The third kappa shape index (κ3) is 5.76. The fourth-order valence-electron chi connectivity index (χ4n) is 2.28. The average Bonchev–Trinajstić information content (AvgIpc) is 2.60. The van der Waals surface area contributed by atoms with E-state index in [1.807, 2.05) is 30.3 Å². The summed E-state index contributed by atoms with van der Waals surface area (Å²) in [6, 6.07) is 16.0. The molecule has 2 rings (SSSR count). The van der Waals surface area contributed by atoms with Gasteiger partial charge in [0.15, 0.2) is 5.78 Å². The Bertz CT molecular complexity index is 742. The number of nitrogens with one attached hydrogen (secondary N) is 1. The van der Waals surface area contributed by atoms with E-state index >= 15 is 0 Å². The summed E-state index contributed by atoms with van der Waals surface area (Å²) in [6.45, 7) is 1.67. The van der Waals surface area contributed by atoms with Gasteiger partial charge in [-0.05, 0) is 18.1 Å². The molecule has 0 bridgehead atoms. The van der Waals surface area contributed by atoms with Crippen LogP contribution in [-0.2, 0) is 17.9 Å². The van der Waals surface area contributed by atoms with Crippen LogP contribution in [0.25, 0.3) is 0 Å². The molecule has 2 aromatic carbocycles. The minimum absolute atomic E-state index is 0.0198. The van der Waals surface area contributed by atoms with Gasteiger partial charge in [-0.15, -0.1) is 0 Å². The molecule has 2 aromatic rings. The van der Waals surface area contributed by atoms with Gasteiger partial charge in [0.05, 0.1) is 0 Å². The zero-order valence-electron chi connectivity index (χ0n) is 13.9. The summed E-state index contributed by atoms with van der Waals surface area (Å²) in [7, 11) is 0. The summed E-state index contributed by atoms with van der Waals surface area (Å²) in [4.78, 5) is 35.6. The molecule has 0 atom stereocenters. The number of Topliss-reactive ketones (excluding diaryl/α,β-unsaturated/α-hetero) is 1. The lowest BCUT2D eigenvalue weighted by Crippen LogP contribution is -2.39. The maximum Gasteiger partial charge on any atom is 0.408 e. The maximum absolute atomic E-state index is 12.0. The summed E-state index contributed by atoms with van der Waals surface area (Å²) in [5, 5.41) is 12.0. The Balaban J connectivity index is 1.88. The van der Waals surface area contributed by atoms with Crippen LogP contribution in [0, 0.1) is 0 Å². The lowest BCUT2D eigenvalue weighted by Gasteiger charge is -2.18. The van der Waals surface area contributed by atoms with Gasteiger partial charge in [-0.1, -0.05) is 54.6 Å². The number of amides is 2. The normalized spacial score (nSPS) is 10.1. The van der Waals surface area contributed by atoms with Crippen molar-refractivity contribution in [1.29, 1.82) is 0 Å². The number of ketones is 1. The Morgan fingerprint density at radius 1 is 0.960 bits per heavy atom. The first-order valence-corrected chi connectivity index (χ1v) is 7.84. The molecular weight excluding hydrogens is 320 g/mol. The number of carbonyl (C=O) groups is 3. The fraction of sp³-hybridized carbons (Fsp3) is 0.211. The Morgan fingerprint density at radius 3 is 2.16 bits per heavy atom. The Labute approximate surface area is 146 Å². The SMILES string of the molecule is CC(=O)c1ccc(CNC(=O)CN(Cc2ccccc2)C(=O)O)cc1. The summed E-state index contributed by atoms with van der Waals surface area (Å²) in [6.07, 6.45) is -1.15. The molecule has 0 radical (unpaired) electrons. The molecular formula is C19H20N2O4. The van der Waals surface area contributed by atoms with E-state index in [2.05, 4.69) is 5.32 Å². The molecule has 0 saturated carbocycles. The van der Waals surface area contributed by atoms with Crippen LogP contribution >= 0.6 is 0 Å². The molecule has 0 fully saturated rings. The van der Waals surface area contributed by atoms with Crippen molar-refractivity contribution >= 4 is 17.8 Å². The van der Waals surface area contributed by atoms with Crippen LogP contribution in [0.4, 0.5) is 4.79 Å². The number of hydrogen-bond donors (Lipinski definition) is 2. The van der Waals surface area contributed by atoms with Crippen molar-refractivity contribution in [2.24, 2.45) is 0 Å². The second kappa shape index (κ2) is 8.63. The van der Waals surface area contributed by atoms with E-state index in [1.54, 1.807) is 24.3 Å². The van der Waals surface area contributed by atoms with Crippen LogP contribution < -0.4 is 5.32 Å². The lowest BCUT2D eigenvalue weighted by molar-refractivity contribution is -0.122. The van der Waals surface area contributed by atoms with E-state index in [-0.39, 0.29) is 31.3 Å². The first-order valence-electron chi connectivity index (χ1n) is 7.84. The maximum atomic E-state index is 12.0. The van der Waals surface area contributed by atoms with Crippen molar-refractivity contribution in [3.63, 3.8) is 0 Å². The minimum Gasteiger partial charge on any atom is -0.465 e. The van der Waals surface area contributed by atoms with Gasteiger partial charge < -0.3 is 10.4 Å². The number of rotatable bonds is 7. The summed E-state index contributed by atoms with van der Waals surface area (Å²) in [5.74, 6) is -0.400. The number of nitrogens with zero attached hydrogens (tertiary/aromatic N) is 1. The van der Waals surface area contributed by atoms with E-state index in [0.29, 0.717) is 5.56 Å². The number of carbonyl (C=O) groups excluding carboxylic acids is 2. The van der Waals surface area contributed by atoms with Crippen LogP contribution in [0.2, 0.25) is 0 Å². The van der Waals surface area contributed by atoms with Crippen LogP contribution in [0.3, 0.4) is 0 Å². The number of hydrogen-bond acceptors (Lipinski definition) is 3. The molecule has 0 aliphatic carbocycles. The second-order valence-corrected chi connectivity index (χ2v) is 5.65. The van der Waals surface area contributed by atoms with Crippen LogP contribution in [0.1, 0.15) is 28.4 Å². The molecule has 2 N–H and O–H groups in total. The summed E-state index contributed by atoms with van der Waals surface area (Å²) in [5.41, 5.74) is 2.26. The van der Waals surface area contributed by atoms with Gasteiger partial charge in [0.25, 0.3) is 0 Å². The third-order valence-electron chi connectivity index (χ3n) is 3.67. The van der Waals surface area contributed by atoms with E-state index < -0.39 is 6.09 Å². The predicted molar refractivity (Wildman–Crippen MR) is 93.2 cm³/mol. The smallest absolute Gasteiger partial charge is 0.408 e. The first kappa shape index (κ1) is 18.2. The van der Waals surface area contributed by atoms with Gasteiger partial charge in [0, 0.05) is 18.7 Å². The summed E-state index contributed by atoms with van der Waals surface area (Å²) < 4.78 is 0. The fourth-order valence-corrected chi connectivity index (χ4v) is 2.28. The van der Waals surface area contributed by atoms with Gasteiger partial charge in [-0.3, -0.25) is 14.5 Å². The van der Waals surface area contributed by atoms with Crippen molar-refractivity contribution in [2.75, 3.05) is 6.54 Å². The van der Waals surface area contributed by atoms with E-state index in [4.69, 9.17) is 0 Å². The van der Waals surface area contributed by atoms with E-state index in [0.717, 1.165) is 16.0 Å². The molecule has 0 heterocycles. The van der Waals surface area contributed by atoms with E-state index in [9.17, 15) is 19.5 Å². The van der Waals surface area contributed by atoms with Gasteiger partial charge >= 0.3 is 6.09 Å². The molecule has 0 spiro atoms. The van der Waals surface area contributed by atoms with Crippen molar-refractivity contribution in [2.45, 2.75) is 20.0 Å². The second-order valence-electron chi connectivity index (χ2n) is 5.65. The largest absolute Gasteiger partial charge is 0.465 e. The average molecular weight is 340 g/mol. The lowest BCUT2D eigenvalue weighted by atomic mass is 10.1. The van der Waals surface area contributed by atoms with Crippen molar-refractivity contribution in [3.05, 3.63) is 71.3 Å². The molecule has 25 heavy (non-hydrogen) atoms. The molecule has 0 aromatic heterocycles. The van der Waals surface area contributed by atoms with Crippen molar-refractivity contribution in [3.8, 4) is 0 Å². The molecule has 0 unspecified atom stereocenters. The first-order chi connectivity index (χ1) is 12.0. The zero-order chi connectivity index (χ0) is 18.2. The molecule has 130 valence electrons.